The van der Waals surface area contributed by atoms with Crippen molar-refractivity contribution >= 4 is 5.69 Å². The zero-order chi connectivity index (χ0) is 12.3. The molecule has 0 spiro atoms. The third-order valence-corrected chi connectivity index (χ3v) is 3.43. The smallest absolute Gasteiger partial charge is 0.146 e. The average molecular weight is 236 g/mol. The van der Waals surface area contributed by atoms with Crippen molar-refractivity contribution in [1.82, 2.24) is 5.32 Å². The Morgan fingerprint density at radius 3 is 2.65 bits per heavy atom. The Morgan fingerprint density at radius 2 is 2.06 bits per heavy atom. The minimum atomic E-state index is -0.0887. The molecule has 0 radical (unpaired) electrons. The van der Waals surface area contributed by atoms with Gasteiger partial charge in [0.25, 0.3) is 0 Å². The highest BCUT2D eigenvalue weighted by Crippen LogP contribution is 2.26. The van der Waals surface area contributed by atoms with E-state index in [2.05, 4.69) is 24.1 Å². The predicted octanol–water partition coefficient (Wildman–Crippen LogP) is 3.10. The molecule has 1 fully saturated rings. The highest BCUT2D eigenvalue weighted by Gasteiger charge is 2.16. The van der Waals surface area contributed by atoms with Gasteiger partial charge in [-0.05, 0) is 44.0 Å². The Balaban J connectivity index is 2.16. The van der Waals surface area contributed by atoms with Gasteiger partial charge in [-0.2, -0.15) is 0 Å². The van der Waals surface area contributed by atoms with Crippen LogP contribution in [0.1, 0.15) is 38.3 Å². The summed E-state index contributed by atoms with van der Waals surface area (Å²) in [6.45, 7) is 6.99. The first-order valence-corrected chi connectivity index (χ1v) is 6.50. The van der Waals surface area contributed by atoms with Crippen molar-refractivity contribution in [2.24, 2.45) is 0 Å². The molecule has 1 atom stereocenters. The number of benzene rings is 1. The minimum Gasteiger partial charge on any atom is -0.369 e. The van der Waals surface area contributed by atoms with Gasteiger partial charge in [0.2, 0.25) is 0 Å². The highest BCUT2D eigenvalue weighted by molar-refractivity contribution is 5.50. The lowest BCUT2D eigenvalue weighted by atomic mass is 10.1. The molecule has 17 heavy (non-hydrogen) atoms. The van der Waals surface area contributed by atoms with Gasteiger partial charge in [-0.15, -0.1) is 0 Å². The van der Waals surface area contributed by atoms with Crippen LogP contribution in [0.25, 0.3) is 0 Å². The average Bonchev–Trinajstić information content (AvgIpc) is 2.82. The number of nitrogens with zero attached hydrogens (tertiary/aromatic N) is 1. The zero-order valence-corrected chi connectivity index (χ0v) is 10.7. The lowest BCUT2D eigenvalue weighted by Gasteiger charge is -2.20. The van der Waals surface area contributed by atoms with Crippen LogP contribution < -0.4 is 10.2 Å². The van der Waals surface area contributed by atoms with Gasteiger partial charge in [-0.25, -0.2) is 4.39 Å². The Kier molecular flexibility index (Phi) is 4.00. The molecule has 1 aliphatic rings. The largest absolute Gasteiger partial charge is 0.369 e. The van der Waals surface area contributed by atoms with Crippen LogP contribution in [0.4, 0.5) is 10.1 Å². The maximum Gasteiger partial charge on any atom is 0.146 e. The maximum absolute atomic E-state index is 14.0. The summed E-state index contributed by atoms with van der Waals surface area (Å²) < 4.78 is 14.0. The minimum absolute atomic E-state index is 0.0887. The number of hydrogen-bond acceptors (Lipinski definition) is 2. The third kappa shape index (κ3) is 2.78. The zero-order valence-electron chi connectivity index (χ0n) is 10.7. The molecule has 0 aromatic heterocycles. The van der Waals surface area contributed by atoms with Gasteiger partial charge < -0.3 is 10.2 Å². The summed E-state index contributed by atoms with van der Waals surface area (Å²) in [5.41, 5.74) is 1.78. The molecule has 1 N–H and O–H groups in total. The van der Waals surface area contributed by atoms with Gasteiger partial charge in [-0.1, -0.05) is 13.0 Å². The van der Waals surface area contributed by atoms with Gasteiger partial charge in [0.1, 0.15) is 5.82 Å². The van der Waals surface area contributed by atoms with Crippen molar-refractivity contribution in [2.45, 2.75) is 32.7 Å². The topological polar surface area (TPSA) is 15.3 Å². The second-order valence-electron chi connectivity index (χ2n) is 4.68. The molecule has 1 unspecified atom stereocenters. The van der Waals surface area contributed by atoms with Gasteiger partial charge >= 0.3 is 0 Å². The van der Waals surface area contributed by atoms with Gasteiger partial charge in [0.15, 0.2) is 0 Å². The van der Waals surface area contributed by atoms with Crippen molar-refractivity contribution in [3.8, 4) is 0 Å². The SMILES string of the molecule is CCNC(C)c1ccc(N2CCCC2)c(F)c1. The summed E-state index contributed by atoms with van der Waals surface area (Å²) >= 11 is 0. The fraction of sp³-hybridized carbons (Fsp3) is 0.571. The molecule has 1 saturated heterocycles. The quantitative estimate of drug-likeness (QED) is 0.864. The van der Waals surface area contributed by atoms with Crippen LogP contribution in [0.5, 0.6) is 0 Å². The van der Waals surface area contributed by atoms with Crippen LogP contribution in [-0.4, -0.2) is 19.6 Å². The summed E-state index contributed by atoms with van der Waals surface area (Å²) in [4.78, 5) is 2.14. The van der Waals surface area contributed by atoms with Crippen LogP contribution in [0.15, 0.2) is 18.2 Å². The van der Waals surface area contributed by atoms with Gasteiger partial charge in [0, 0.05) is 19.1 Å². The lowest BCUT2D eigenvalue weighted by Crippen LogP contribution is -2.20. The number of hydrogen-bond donors (Lipinski definition) is 1. The van der Waals surface area contributed by atoms with E-state index in [1.807, 2.05) is 12.1 Å². The summed E-state index contributed by atoms with van der Waals surface area (Å²) in [5, 5.41) is 3.30. The van der Waals surface area contributed by atoms with E-state index >= 15 is 0 Å². The van der Waals surface area contributed by atoms with Crippen LogP contribution >= 0.6 is 0 Å². The molecule has 3 heteroatoms. The summed E-state index contributed by atoms with van der Waals surface area (Å²) in [6.07, 6.45) is 2.35. The summed E-state index contributed by atoms with van der Waals surface area (Å²) in [6, 6.07) is 5.83. The second-order valence-corrected chi connectivity index (χ2v) is 4.68. The first kappa shape index (κ1) is 12.4. The number of halogens is 1. The Hall–Kier alpha value is -1.09. The first-order chi connectivity index (χ1) is 8.22. The molecule has 94 valence electrons. The highest BCUT2D eigenvalue weighted by atomic mass is 19.1. The van der Waals surface area contributed by atoms with E-state index in [0.717, 1.165) is 30.9 Å². The fourth-order valence-electron chi connectivity index (χ4n) is 2.43. The molecule has 2 rings (SSSR count). The van der Waals surface area contributed by atoms with Crippen molar-refractivity contribution < 1.29 is 4.39 Å². The standard InChI is InChI=1S/C14H21FN2/c1-3-16-11(2)12-6-7-14(13(15)10-12)17-8-4-5-9-17/h6-7,10-11,16H,3-5,8-9H2,1-2H3. The van der Waals surface area contributed by atoms with Crippen molar-refractivity contribution in [2.75, 3.05) is 24.5 Å². The van der Waals surface area contributed by atoms with Crippen LogP contribution in [0.2, 0.25) is 0 Å². The van der Waals surface area contributed by atoms with Crippen LogP contribution in [0.3, 0.4) is 0 Å². The normalized spacial score (nSPS) is 17.5. The lowest BCUT2D eigenvalue weighted by molar-refractivity contribution is 0.582. The van der Waals surface area contributed by atoms with Crippen molar-refractivity contribution in [1.29, 1.82) is 0 Å². The first-order valence-electron chi connectivity index (χ1n) is 6.50. The fourth-order valence-corrected chi connectivity index (χ4v) is 2.43. The van der Waals surface area contributed by atoms with E-state index in [0.29, 0.717) is 0 Å². The number of anilines is 1. The molecule has 0 aliphatic carbocycles. The summed E-state index contributed by atoms with van der Waals surface area (Å²) in [7, 11) is 0. The van der Waals surface area contributed by atoms with Crippen molar-refractivity contribution in [3.63, 3.8) is 0 Å². The molecule has 2 nitrogen and oxygen atoms in total. The molecule has 1 aliphatic heterocycles. The summed E-state index contributed by atoms with van der Waals surface area (Å²) in [5.74, 6) is -0.0887. The molecule has 1 heterocycles. The van der Waals surface area contributed by atoms with Crippen LogP contribution in [-0.2, 0) is 0 Å². The second kappa shape index (κ2) is 5.50. The number of rotatable bonds is 4. The number of nitrogens with one attached hydrogen (secondary N) is 1. The maximum atomic E-state index is 14.0. The van der Waals surface area contributed by atoms with E-state index in [4.69, 9.17) is 0 Å². The van der Waals surface area contributed by atoms with E-state index < -0.39 is 0 Å². The Labute approximate surface area is 103 Å². The molecule has 0 bridgehead atoms. The van der Waals surface area contributed by atoms with Gasteiger partial charge in [-0.3, -0.25) is 0 Å². The van der Waals surface area contributed by atoms with E-state index in [1.165, 1.54) is 12.8 Å². The molecule has 1 aromatic rings. The van der Waals surface area contributed by atoms with E-state index in [-0.39, 0.29) is 11.9 Å². The van der Waals surface area contributed by atoms with E-state index in [9.17, 15) is 4.39 Å². The predicted molar refractivity (Wildman–Crippen MR) is 69.9 cm³/mol. The Morgan fingerprint density at radius 1 is 1.35 bits per heavy atom. The van der Waals surface area contributed by atoms with Crippen molar-refractivity contribution in [3.05, 3.63) is 29.6 Å². The van der Waals surface area contributed by atoms with Gasteiger partial charge in [0.05, 0.1) is 5.69 Å². The van der Waals surface area contributed by atoms with Crippen LogP contribution in [0, 0.1) is 5.82 Å². The third-order valence-electron chi connectivity index (χ3n) is 3.43. The molecule has 0 saturated carbocycles. The van der Waals surface area contributed by atoms with E-state index in [1.54, 1.807) is 6.07 Å². The molecular weight excluding hydrogens is 215 g/mol. The molecular formula is C14H21FN2. The molecule has 1 aromatic carbocycles. The monoisotopic (exact) mass is 236 g/mol. The molecule has 0 amide bonds. The Bertz CT molecular complexity index is 372.